The topological polar surface area (TPSA) is 70.6 Å². The molecule has 2 amide bonds. The molecular formula is C18H22N2O3. The third-order valence-corrected chi connectivity index (χ3v) is 3.30. The minimum absolute atomic E-state index is 0.0505. The Morgan fingerprint density at radius 1 is 1.13 bits per heavy atom. The van der Waals surface area contributed by atoms with Crippen LogP contribution in [0.25, 0.3) is 0 Å². The second-order valence-electron chi connectivity index (χ2n) is 5.31. The number of ether oxygens (including phenoxy) is 1. The predicted molar refractivity (Wildman–Crippen MR) is 90.5 cm³/mol. The molecule has 0 aliphatic carbocycles. The van der Waals surface area contributed by atoms with Gasteiger partial charge in [-0.25, -0.2) is 4.79 Å². The highest BCUT2D eigenvalue weighted by Gasteiger charge is 2.06. The van der Waals surface area contributed by atoms with E-state index in [1.165, 1.54) is 0 Å². The Morgan fingerprint density at radius 3 is 2.48 bits per heavy atom. The molecule has 0 aliphatic heterocycles. The van der Waals surface area contributed by atoms with Crippen molar-refractivity contribution < 1.29 is 14.6 Å². The van der Waals surface area contributed by atoms with Gasteiger partial charge in [-0.05, 0) is 43.2 Å². The molecule has 122 valence electrons. The van der Waals surface area contributed by atoms with Gasteiger partial charge in [-0.3, -0.25) is 0 Å². The maximum absolute atomic E-state index is 11.8. The number of aliphatic hydroxyl groups is 1. The lowest BCUT2D eigenvalue weighted by atomic mass is 10.2. The highest BCUT2D eigenvalue weighted by molar-refractivity contribution is 5.89. The molecule has 2 aromatic carbocycles. The lowest BCUT2D eigenvalue weighted by Crippen LogP contribution is -2.36. The molecule has 2 rings (SSSR count). The first-order chi connectivity index (χ1) is 11.2. The average Bonchev–Trinajstić information content (AvgIpc) is 2.55. The number of nitrogens with one attached hydrogen (secondary N) is 2. The third-order valence-electron chi connectivity index (χ3n) is 3.30. The van der Waals surface area contributed by atoms with Gasteiger partial charge < -0.3 is 20.5 Å². The fourth-order valence-electron chi connectivity index (χ4n) is 2.03. The molecular weight excluding hydrogens is 292 g/mol. The van der Waals surface area contributed by atoms with Crippen molar-refractivity contribution in [3.8, 4) is 5.75 Å². The normalized spacial score (nSPS) is 11.6. The molecule has 23 heavy (non-hydrogen) atoms. The first-order valence-corrected chi connectivity index (χ1v) is 7.62. The average molecular weight is 314 g/mol. The highest BCUT2D eigenvalue weighted by atomic mass is 16.5. The summed E-state index contributed by atoms with van der Waals surface area (Å²) < 4.78 is 5.69. The second-order valence-corrected chi connectivity index (χ2v) is 5.31. The van der Waals surface area contributed by atoms with Crippen molar-refractivity contribution in [2.45, 2.75) is 26.0 Å². The molecule has 0 spiro atoms. The molecule has 0 fully saturated rings. The summed E-state index contributed by atoms with van der Waals surface area (Å²) in [5.41, 5.74) is 1.79. The van der Waals surface area contributed by atoms with Crippen LogP contribution in [0.2, 0.25) is 0 Å². The van der Waals surface area contributed by atoms with E-state index >= 15 is 0 Å². The zero-order valence-corrected chi connectivity index (χ0v) is 13.2. The smallest absolute Gasteiger partial charge is 0.319 e. The van der Waals surface area contributed by atoms with Gasteiger partial charge in [-0.2, -0.15) is 0 Å². The lowest BCUT2D eigenvalue weighted by molar-refractivity contribution is 0.241. The van der Waals surface area contributed by atoms with Crippen molar-refractivity contribution in [3.05, 3.63) is 60.2 Å². The minimum atomic E-state index is -0.288. The maximum Gasteiger partial charge on any atom is 0.319 e. The molecule has 0 saturated carbocycles. The number of aliphatic hydroxyl groups excluding tert-OH is 1. The lowest BCUT2D eigenvalue weighted by Gasteiger charge is -2.13. The van der Waals surface area contributed by atoms with Crippen LogP contribution >= 0.6 is 0 Å². The molecule has 0 aliphatic rings. The van der Waals surface area contributed by atoms with E-state index in [4.69, 9.17) is 9.84 Å². The summed E-state index contributed by atoms with van der Waals surface area (Å²) in [4.78, 5) is 11.8. The van der Waals surface area contributed by atoms with Crippen LogP contribution in [0.15, 0.2) is 54.6 Å². The van der Waals surface area contributed by atoms with Crippen molar-refractivity contribution in [3.63, 3.8) is 0 Å². The minimum Gasteiger partial charge on any atom is -0.489 e. The van der Waals surface area contributed by atoms with E-state index in [-0.39, 0.29) is 18.7 Å². The summed E-state index contributed by atoms with van der Waals surface area (Å²) in [6.07, 6.45) is 0.527. The molecule has 5 nitrogen and oxygen atoms in total. The molecule has 0 heterocycles. The molecule has 0 aromatic heterocycles. The Labute approximate surface area is 136 Å². The molecule has 3 N–H and O–H groups in total. The number of anilines is 1. The zero-order chi connectivity index (χ0) is 16.5. The number of hydrogen-bond acceptors (Lipinski definition) is 3. The van der Waals surface area contributed by atoms with Crippen molar-refractivity contribution in [2.24, 2.45) is 0 Å². The molecule has 5 heteroatoms. The van der Waals surface area contributed by atoms with Crippen LogP contribution in [0.5, 0.6) is 5.75 Å². The van der Waals surface area contributed by atoms with Gasteiger partial charge in [0, 0.05) is 18.3 Å². The predicted octanol–water partition coefficient (Wildman–Crippen LogP) is 3.16. The number of hydrogen-bond donors (Lipinski definition) is 3. The van der Waals surface area contributed by atoms with Crippen molar-refractivity contribution in [1.82, 2.24) is 5.32 Å². The Morgan fingerprint density at radius 2 is 1.83 bits per heavy atom. The fourth-order valence-corrected chi connectivity index (χ4v) is 2.03. The first kappa shape index (κ1) is 16.8. The van der Waals surface area contributed by atoms with Gasteiger partial charge >= 0.3 is 6.03 Å². The number of benzene rings is 2. The van der Waals surface area contributed by atoms with E-state index in [2.05, 4.69) is 10.6 Å². The number of amides is 2. The van der Waals surface area contributed by atoms with Crippen LogP contribution in [0.3, 0.4) is 0 Å². The van der Waals surface area contributed by atoms with Gasteiger partial charge in [0.15, 0.2) is 0 Å². The van der Waals surface area contributed by atoms with E-state index in [9.17, 15) is 4.79 Å². The summed E-state index contributed by atoms with van der Waals surface area (Å²) in [6, 6.07) is 16.8. The van der Waals surface area contributed by atoms with Gasteiger partial charge in [0.05, 0.1) is 0 Å². The summed E-state index contributed by atoms with van der Waals surface area (Å²) in [5.74, 6) is 0.744. The monoisotopic (exact) mass is 314 g/mol. The number of rotatable bonds is 7. The largest absolute Gasteiger partial charge is 0.489 e. The van der Waals surface area contributed by atoms with Gasteiger partial charge in [-0.15, -0.1) is 0 Å². The van der Waals surface area contributed by atoms with E-state index in [0.29, 0.717) is 18.7 Å². The van der Waals surface area contributed by atoms with Gasteiger partial charge in [-0.1, -0.05) is 30.3 Å². The Kier molecular flexibility index (Phi) is 6.44. The van der Waals surface area contributed by atoms with Crippen molar-refractivity contribution in [1.29, 1.82) is 0 Å². The Hall–Kier alpha value is -2.53. The summed E-state index contributed by atoms with van der Waals surface area (Å²) >= 11 is 0. The maximum atomic E-state index is 11.8. The third kappa shape index (κ3) is 6.00. The van der Waals surface area contributed by atoms with Gasteiger partial charge in [0.25, 0.3) is 0 Å². The first-order valence-electron chi connectivity index (χ1n) is 7.62. The van der Waals surface area contributed by atoms with Gasteiger partial charge in [0.1, 0.15) is 12.4 Å². The van der Waals surface area contributed by atoms with Crippen LogP contribution in [0, 0.1) is 0 Å². The van der Waals surface area contributed by atoms with E-state index < -0.39 is 0 Å². The SMILES string of the molecule is C[C@H](CCO)NC(=O)Nc1ccc(OCc2ccccc2)cc1. The molecule has 0 radical (unpaired) electrons. The van der Waals surface area contributed by atoms with E-state index in [0.717, 1.165) is 11.3 Å². The Balaban J connectivity index is 1.81. The summed E-state index contributed by atoms with van der Waals surface area (Å²) in [7, 11) is 0. The molecule has 0 saturated heterocycles. The fraction of sp³-hybridized carbons (Fsp3) is 0.278. The van der Waals surface area contributed by atoms with Crippen LogP contribution in [0.1, 0.15) is 18.9 Å². The van der Waals surface area contributed by atoms with Crippen LogP contribution in [0.4, 0.5) is 10.5 Å². The molecule has 0 unspecified atom stereocenters. The Bertz CT molecular complexity index is 599. The number of urea groups is 1. The quantitative estimate of drug-likeness (QED) is 0.735. The van der Waals surface area contributed by atoms with Crippen LogP contribution in [-0.2, 0) is 6.61 Å². The van der Waals surface area contributed by atoms with E-state index in [1.807, 2.05) is 49.4 Å². The molecule has 1 atom stereocenters. The molecule has 2 aromatic rings. The van der Waals surface area contributed by atoms with Crippen LogP contribution < -0.4 is 15.4 Å². The van der Waals surface area contributed by atoms with Crippen LogP contribution in [-0.4, -0.2) is 23.8 Å². The van der Waals surface area contributed by atoms with Crippen molar-refractivity contribution in [2.75, 3.05) is 11.9 Å². The van der Waals surface area contributed by atoms with Gasteiger partial charge in [0.2, 0.25) is 0 Å². The second kappa shape index (κ2) is 8.80. The highest BCUT2D eigenvalue weighted by Crippen LogP contribution is 2.17. The van der Waals surface area contributed by atoms with E-state index in [1.54, 1.807) is 12.1 Å². The number of carbonyl (C=O) groups excluding carboxylic acids is 1. The summed E-state index contributed by atoms with van der Waals surface area (Å²) in [6.45, 7) is 2.40. The number of carbonyl (C=O) groups is 1. The summed E-state index contributed by atoms with van der Waals surface area (Å²) in [5, 5.41) is 14.3. The molecule has 0 bridgehead atoms. The van der Waals surface area contributed by atoms with Crippen molar-refractivity contribution >= 4 is 11.7 Å². The standard InChI is InChI=1S/C18H22N2O3/c1-14(11-12-21)19-18(22)20-16-7-9-17(10-8-16)23-13-15-5-3-2-4-6-15/h2-10,14,21H,11-13H2,1H3,(H2,19,20,22)/t14-/m1/s1. The zero-order valence-electron chi connectivity index (χ0n) is 13.2.